The number of amides is 1. The normalized spacial score (nSPS) is 20.2. The molecule has 2 heterocycles. The van der Waals surface area contributed by atoms with Gasteiger partial charge in [0, 0.05) is 39.3 Å². The minimum atomic E-state index is 0. The van der Waals surface area contributed by atoms with Crippen molar-refractivity contribution in [3.8, 4) is 0 Å². The third-order valence-corrected chi connectivity index (χ3v) is 6.09. The number of likely N-dealkylation sites (tertiary alicyclic amines) is 2. The van der Waals surface area contributed by atoms with Crippen LogP contribution in [-0.4, -0.2) is 87.1 Å². The minimum absolute atomic E-state index is 0. The Morgan fingerprint density at radius 3 is 2.21 bits per heavy atom. The number of rotatable bonds is 9. The number of hydrogen-bond donors (Lipinski definition) is 3. The molecule has 170 valence electrons. The lowest BCUT2D eigenvalue weighted by Gasteiger charge is -2.33. The van der Waals surface area contributed by atoms with Crippen molar-refractivity contribution >= 4 is 35.8 Å². The summed E-state index contributed by atoms with van der Waals surface area (Å²) in [6.07, 6.45) is 6.97. The maximum Gasteiger partial charge on any atom is 0.234 e. The summed E-state index contributed by atoms with van der Waals surface area (Å²) in [4.78, 5) is 21.1. The van der Waals surface area contributed by atoms with E-state index in [-0.39, 0.29) is 29.9 Å². The van der Waals surface area contributed by atoms with E-state index in [2.05, 4.69) is 44.6 Å². The molecule has 0 unspecified atom stereocenters. The molecule has 7 nitrogen and oxygen atoms in total. The van der Waals surface area contributed by atoms with Gasteiger partial charge in [-0.25, -0.2) is 0 Å². The summed E-state index contributed by atoms with van der Waals surface area (Å²) in [6, 6.07) is 0.439. The zero-order chi connectivity index (χ0) is 20.2. The fourth-order valence-electron chi connectivity index (χ4n) is 4.13. The van der Waals surface area contributed by atoms with E-state index in [0.29, 0.717) is 12.6 Å². The molecule has 0 radical (unpaired) electrons. The molecule has 2 saturated heterocycles. The highest BCUT2D eigenvalue weighted by Gasteiger charge is 2.22. The van der Waals surface area contributed by atoms with Gasteiger partial charge < -0.3 is 20.9 Å². The summed E-state index contributed by atoms with van der Waals surface area (Å²) in [6.45, 7) is 12.2. The van der Waals surface area contributed by atoms with E-state index in [9.17, 15) is 4.79 Å². The van der Waals surface area contributed by atoms with E-state index in [0.717, 1.165) is 57.3 Å². The topological polar surface area (TPSA) is 72.0 Å². The molecule has 2 aliphatic rings. The molecular weight excluding hydrogens is 479 g/mol. The zero-order valence-electron chi connectivity index (χ0n) is 18.7. The van der Waals surface area contributed by atoms with Crippen molar-refractivity contribution in [2.45, 2.75) is 58.4 Å². The Hall–Kier alpha value is -0.610. The van der Waals surface area contributed by atoms with Crippen LogP contribution < -0.4 is 16.0 Å². The fraction of sp³-hybridized carbons (Fsp3) is 0.905. The molecule has 0 atom stereocenters. The molecular formula is C21H43IN6O. The van der Waals surface area contributed by atoms with Crippen LogP contribution in [0.5, 0.6) is 0 Å². The lowest BCUT2D eigenvalue weighted by Crippen LogP contribution is -2.50. The van der Waals surface area contributed by atoms with Crippen molar-refractivity contribution in [1.82, 2.24) is 25.8 Å². The number of aliphatic imine (C=N–C) groups is 1. The van der Waals surface area contributed by atoms with Gasteiger partial charge >= 0.3 is 0 Å². The highest BCUT2D eigenvalue weighted by Crippen LogP contribution is 2.19. The molecule has 0 aromatic heterocycles. The number of carbonyl (C=O) groups is 1. The summed E-state index contributed by atoms with van der Waals surface area (Å²) < 4.78 is 0. The van der Waals surface area contributed by atoms with Crippen LogP contribution in [0.2, 0.25) is 0 Å². The molecule has 0 aromatic rings. The van der Waals surface area contributed by atoms with E-state index in [1.807, 2.05) is 7.05 Å². The van der Waals surface area contributed by atoms with Crippen LogP contribution in [0.1, 0.15) is 52.4 Å². The van der Waals surface area contributed by atoms with Crippen molar-refractivity contribution in [2.75, 3.05) is 59.4 Å². The number of hydrogen-bond acceptors (Lipinski definition) is 4. The third-order valence-electron chi connectivity index (χ3n) is 6.09. The van der Waals surface area contributed by atoms with Gasteiger partial charge in [0.25, 0.3) is 0 Å². The van der Waals surface area contributed by atoms with Crippen LogP contribution in [0.25, 0.3) is 0 Å². The van der Waals surface area contributed by atoms with Crippen molar-refractivity contribution in [3.63, 3.8) is 0 Å². The lowest BCUT2D eigenvalue weighted by atomic mass is 9.93. The Bertz CT molecular complexity index is 474. The number of piperidine rings is 2. The SMILES string of the molecule is CCCNC(=O)CN1CCC(NC(=NC)NCCC2CCN(CC)CC2)CC1.I. The number of nitrogens with one attached hydrogen (secondary N) is 3. The van der Waals surface area contributed by atoms with E-state index in [4.69, 9.17) is 0 Å². The first-order valence-electron chi connectivity index (χ1n) is 11.3. The number of carbonyl (C=O) groups excluding carboxylic acids is 1. The molecule has 3 N–H and O–H groups in total. The first kappa shape index (κ1) is 26.4. The van der Waals surface area contributed by atoms with Gasteiger partial charge in [0.05, 0.1) is 6.54 Å². The first-order chi connectivity index (χ1) is 13.6. The van der Waals surface area contributed by atoms with Crippen LogP contribution in [0, 0.1) is 5.92 Å². The van der Waals surface area contributed by atoms with Crippen LogP contribution >= 0.6 is 24.0 Å². The molecule has 0 aliphatic carbocycles. The quantitative estimate of drug-likeness (QED) is 0.245. The molecule has 0 saturated carbocycles. The Balaban J connectivity index is 0.00000420. The second-order valence-corrected chi connectivity index (χ2v) is 8.21. The van der Waals surface area contributed by atoms with Crippen LogP contribution in [0.4, 0.5) is 0 Å². The van der Waals surface area contributed by atoms with Gasteiger partial charge in [-0.2, -0.15) is 0 Å². The van der Waals surface area contributed by atoms with Crippen LogP contribution in [0.15, 0.2) is 4.99 Å². The summed E-state index contributed by atoms with van der Waals surface area (Å²) in [7, 11) is 1.85. The molecule has 2 fully saturated rings. The smallest absolute Gasteiger partial charge is 0.234 e. The van der Waals surface area contributed by atoms with Gasteiger partial charge in [-0.05, 0) is 64.1 Å². The molecule has 1 amide bonds. The van der Waals surface area contributed by atoms with Crippen molar-refractivity contribution in [2.24, 2.45) is 10.9 Å². The van der Waals surface area contributed by atoms with Crippen LogP contribution in [-0.2, 0) is 4.79 Å². The predicted octanol–water partition coefficient (Wildman–Crippen LogP) is 1.88. The Morgan fingerprint density at radius 2 is 1.62 bits per heavy atom. The second-order valence-electron chi connectivity index (χ2n) is 8.21. The van der Waals surface area contributed by atoms with E-state index < -0.39 is 0 Å². The first-order valence-corrected chi connectivity index (χ1v) is 11.3. The van der Waals surface area contributed by atoms with E-state index in [1.54, 1.807) is 0 Å². The summed E-state index contributed by atoms with van der Waals surface area (Å²) >= 11 is 0. The minimum Gasteiger partial charge on any atom is -0.356 e. The monoisotopic (exact) mass is 522 g/mol. The average Bonchev–Trinajstić information content (AvgIpc) is 2.73. The maximum atomic E-state index is 11.9. The predicted molar refractivity (Wildman–Crippen MR) is 132 cm³/mol. The highest BCUT2D eigenvalue weighted by molar-refractivity contribution is 14.0. The largest absolute Gasteiger partial charge is 0.356 e. The van der Waals surface area contributed by atoms with Crippen molar-refractivity contribution < 1.29 is 4.79 Å². The third kappa shape index (κ3) is 10.3. The molecule has 0 aromatic carbocycles. The molecule has 2 rings (SSSR count). The number of halogens is 1. The standard InChI is InChI=1S/C21H42N6O.HI/c1-4-11-23-20(28)17-27-15-9-19(10-16-27)25-21(22-3)24-12-6-18-7-13-26(5-2)14-8-18;/h18-19H,4-17H2,1-3H3,(H,23,28)(H2,22,24,25);1H. The fourth-order valence-corrected chi connectivity index (χ4v) is 4.13. The Kier molecular flexibility index (Phi) is 13.9. The van der Waals surface area contributed by atoms with Crippen molar-refractivity contribution in [3.05, 3.63) is 0 Å². The van der Waals surface area contributed by atoms with Gasteiger partial charge in [0.15, 0.2) is 5.96 Å². The molecule has 29 heavy (non-hydrogen) atoms. The van der Waals surface area contributed by atoms with Gasteiger partial charge in [-0.1, -0.05) is 13.8 Å². The number of nitrogens with zero attached hydrogens (tertiary/aromatic N) is 3. The van der Waals surface area contributed by atoms with Crippen LogP contribution in [0.3, 0.4) is 0 Å². The lowest BCUT2D eigenvalue weighted by molar-refractivity contribution is -0.122. The zero-order valence-corrected chi connectivity index (χ0v) is 21.0. The highest BCUT2D eigenvalue weighted by atomic mass is 127. The molecule has 0 bridgehead atoms. The summed E-state index contributed by atoms with van der Waals surface area (Å²) in [5.41, 5.74) is 0. The second kappa shape index (κ2) is 15.2. The average molecular weight is 523 g/mol. The van der Waals surface area contributed by atoms with E-state index >= 15 is 0 Å². The molecule has 0 spiro atoms. The Morgan fingerprint density at radius 1 is 0.966 bits per heavy atom. The Labute approximate surface area is 194 Å². The summed E-state index contributed by atoms with van der Waals surface area (Å²) in [5.74, 6) is 1.91. The summed E-state index contributed by atoms with van der Waals surface area (Å²) in [5, 5.41) is 10.0. The van der Waals surface area contributed by atoms with E-state index in [1.165, 1.54) is 38.9 Å². The van der Waals surface area contributed by atoms with Crippen molar-refractivity contribution in [1.29, 1.82) is 0 Å². The van der Waals surface area contributed by atoms with Gasteiger partial charge in [0.2, 0.25) is 5.91 Å². The molecule has 8 heteroatoms. The maximum absolute atomic E-state index is 11.9. The van der Waals surface area contributed by atoms with Gasteiger partial charge in [-0.3, -0.25) is 14.7 Å². The number of guanidine groups is 1. The molecule has 2 aliphatic heterocycles. The van der Waals surface area contributed by atoms with Gasteiger partial charge in [0.1, 0.15) is 0 Å². The van der Waals surface area contributed by atoms with Gasteiger partial charge in [-0.15, -0.1) is 24.0 Å².